The minimum Gasteiger partial charge on any atom is -0.497 e. The fourth-order valence-corrected chi connectivity index (χ4v) is 3.68. The highest BCUT2D eigenvalue weighted by atomic mass is 19.4. The maximum absolute atomic E-state index is 13.0. The zero-order valence-corrected chi connectivity index (χ0v) is 25.6. The quantitative estimate of drug-likeness (QED) is 0.173. The molecule has 2 aromatic carbocycles. The van der Waals surface area contributed by atoms with Crippen molar-refractivity contribution in [2.45, 2.75) is 44.1 Å². The molecule has 12 nitrogen and oxygen atoms in total. The second-order valence-corrected chi connectivity index (χ2v) is 9.78. The third kappa shape index (κ3) is 15.5. The van der Waals surface area contributed by atoms with Gasteiger partial charge in [-0.2, -0.15) is 26.3 Å². The minimum atomic E-state index is -5.08. The lowest BCUT2D eigenvalue weighted by molar-refractivity contribution is -0.193. The number of nitrogens with one attached hydrogen (secondary N) is 1. The van der Waals surface area contributed by atoms with Gasteiger partial charge in [-0.3, -0.25) is 14.6 Å². The van der Waals surface area contributed by atoms with Gasteiger partial charge in [0.2, 0.25) is 11.8 Å². The second-order valence-electron chi connectivity index (χ2n) is 9.78. The molecule has 0 spiro atoms. The molecule has 264 valence electrons. The van der Waals surface area contributed by atoms with Crippen molar-refractivity contribution in [2.75, 3.05) is 32.1 Å². The number of benzene rings is 2. The first kappa shape index (κ1) is 41.1. The fraction of sp³-hybridized carbons (Fsp3) is 0.367. The van der Waals surface area contributed by atoms with E-state index in [2.05, 4.69) is 10.3 Å². The zero-order chi connectivity index (χ0) is 36.5. The molecule has 18 heteroatoms. The van der Waals surface area contributed by atoms with Crippen molar-refractivity contribution in [1.82, 2.24) is 9.88 Å². The average Bonchev–Trinajstić information content (AvgIpc) is 3.03. The Labute approximate surface area is 270 Å². The van der Waals surface area contributed by atoms with Crippen LogP contribution in [0.2, 0.25) is 0 Å². The Bertz CT molecular complexity index is 1460. The Balaban J connectivity index is 0.000000687. The fourth-order valence-electron chi connectivity index (χ4n) is 3.68. The van der Waals surface area contributed by atoms with E-state index in [4.69, 9.17) is 36.0 Å². The lowest BCUT2D eigenvalue weighted by Gasteiger charge is -2.26. The zero-order valence-electron chi connectivity index (χ0n) is 25.6. The number of hydrogen-bond acceptors (Lipinski definition) is 8. The number of nitrogens with two attached hydrogens (primary N) is 2. The summed E-state index contributed by atoms with van der Waals surface area (Å²) >= 11 is 0. The third-order valence-corrected chi connectivity index (χ3v) is 6.15. The van der Waals surface area contributed by atoms with E-state index in [1.807, 2.05) is 54.6 Å². The summed E-state index contributed by atoms with van der Waals surface area (Å²) < 4.78 is 68.7. The largest absolute Gasteiger partial charge is 0.497 e. The van der Waals surface area contributed by atoms with Gasteiger partial charge in [-0.1, -0.05) is 30.3 Å². The summed E-state index contributed by atoms with van der Waals surface area (Å²) in [6.45, 7) is 1.22. The normalized spacial score (nSPS) is 11.6. The number of halogens is 6. The molecule has 0 bridgehead atoms. The molecule has 0 aliphatic heterocycles. The van der Waals surface area contributed by atoms with Crippen LogP contribution in [0.5, 0.6) is 5.75 Å². The van der Waals surface area contributed by atoms with Crippen LogP contribution in [0.1, 0.15) is 24.8 Å². The van der Waals surface area contributed by atoms with Gasteiger partial charge >= 0.3 is 24.3 Å². The Morgan fingerprint density at radius 2 is 1.50 bits per heavy atom. The molecule has 1 atom stereocenters. The molecule has 0 radical (unpaired) electrons. The molecule has 0 aliphatic carbocycles. The van der Waals surface area contributed by atoms with E-state index in [0.717, 1.165) is 22.2 Å². The number of para-hydroxylation sites is 1. The number of carbonyl (C=O) groups excluding carboxylic acids is 2. The maximum atomic E-state index is 13.0. The Morgan fingerprint density at radius 3 is 2.02 bits per heavy atom. The van der Waals surface area contributed by atoms with Crippen LogP contribution in [-0.2, 0) is 25.6 Å². The Hall–Kier alpha value is -4.97. The number of amides is 2. The highest BCUT2D eigenvalue weighted by molar-refractivity contribution is 5.93. The molecule has 1 heterocycles. The van der Waals surface area contributed by atoms with Crippen LogP contribution in [0.15, 0.2) is 60.8 Å². The van der Waals surface area contributed by atoms with E-state index in [-0.39, 0.29) is 24.8 Å². The highest BCUT2D eigenvalue weighted by Gasteiger charge is 2.38. The molecule has 1 aromatic heterocycles. The molecule has 0 aliphatic rings. The minimum absolute atomic E-state index is 0.158. The van der Waals surface area contributed by atoms with Gasteiger partial charge in [0, 0.05) is 24.9 Å². The highest BCUT2D eigenvalue weighted by Crippen LogP contribution is 2.17. The van der Waals surface area contributed by atoms with Crippen LogP contribution < -0.4 is 21.5 Å². The van der Waals surface area contributed by atoms with E-state index >= 15 is 0 Å². The summed E-state index contributed by atoms with van der Waals surface area (Å²) in [4.78, 5) is 49.4. The first-order chi connectivity index (χ1) is 22.4. The van der Waals surface area contributed by atoms with Gasteiger partial charge in [-0.05, 0) is 55.6 Å². The molecule has 0 saturated carbocycles. The van der Waals surface area contributed by atoms with Gasteiger partial charge in [0.25, 0.3) is 0 Å². The first-order valence-electron chi connectivity index (χ1n) is 14.0. The monoisotopic (exact) mass is 691 g/mol. The number of aliphatic carboxylic acids is 2. The van der Waals surface area contributed by atoms with E-state index in [1.54, 1.807) is 18.2 Å². The predicted molar refractivity (Wildman–Crippen MR) is 162 cm³/mol. The van der Waals surface area contributed by atoms with Crippen LogP contribution in [0.4, 0.5) is 32.0 Å². The molecule has 0 fully saturated rings. The number of alkyl halides is 6. The topological polar surface area (TPSA) is 198 Å². The molecular weight excluding hydrogens is 656 g/mol. The molecular formula is C30H35F6N5O7. The van der Waals surface area contributed by atoms with Crippen molar-refractivity contribution in [3.05, 3.63) is 66.4 Å². The van der Waals surface area contributed by atoms with Gasteiger partial charge in [0.15, 0.2) is 0 Å². The number of aromatic nitrogens is 1. The SMILES string of the molecule is COc1ccc(CCN(CCC(=O)Nc2cnc3ccccc3c2)C(=O)[C@H](N)CCCN)cc1.O=C(O)C(F)(F)F.O=C(O)C(F)(F)F. The van der Waals surface area contributed by atoms with Crippen molar-refractivity contribution >= 4 is 40.3 Å². The van der Waals surface area contributed by atoms with E-state index in [1.165, 1.54) is 0 Å². The number of carbonyl (C=O) groups is 4. The maximum Gasteiger partial charge on any atom is 0.490 e. The number of methoxy groups -OCH3 is 1. The van der Waals surface area contributed by atoms with E-state index in [9.17, 15) is 35.9 Å². The van der Waals surface area contributed by atoms with Gasteiger partial charge in [0.1, 0.15) is 5.75 Å². The summed E-state index contributed by atoms with van der Waals surface area (Å²) in [5, 5.41) is 18.1. The van der Waals surface area contributed by atoms with Crippen molar-refractivity contribution in [1.29, 1.82) is 0 Å². The molecule has 48 heavy (non-hydrogen) atoms. The van der Waals surface area contributed by atoms with Crippen LogP contribution in [0.3, 0.4) is 0 Å². The number of nitrogens with zero attached hydrogens (tertiary/aromatic N) is 2. The van der Waals surface area contributed by atoms with Crippen LogP contribution in [-0.4, -0.2) is 89.0 Å². The standard InChI is InChI=1S/C26H33N5O3.2C2HF3O2/c1-34-22-10-8-19(9-11-22)12-15-31(26(33)23(28)6-4-14-27)16-13-25(32)30-21-17-20-5-2-3-7-24(20)29-18-21;2*3-2(4,5)1(6)7/h2-3,5,7-11,17-18,23H,4,6,12-16,27-28H2,1H3,(H,30,32);2*(H,6,7)/t23-;;/m1../s1. The summed E-state index contributed by atoms with van der Waals surface area (Å²) in [6.07, 6.45) is -6.53. The lowest BCUT2D eigenvalue weighted by atomic mass is 10.1. The molecule has 0 saturated heterocycles. The van der Waals surface area contributed by atoms with Crippen LogP contribution in [0.25, 0.3) is 10.9 Å². The number of ether oxygens (including phenoxy) is 1. The van der Waals surface area contributed by atoms with Gasteiger partial charge in [-0.25, -0.2) is 9.59 Å². The van der Waals surface area contributed by atoms with Crippen molar-refractivity contribution in [2.24, 2.45) is 11.5 Å². The summed E-state index contributed by atoms with van der Waals surface area (Å²) in [6, 6.07) is 16.7. The van der Waals surface area contributed by atoms with Crippen LogP contribution >= 0.6 is 0 Å². The average molecular weight is 692 g/mol. The van der Waals surface area contributed by atoms with Gasteiger partial charge in [0.05, 0.1) is 30.6 Å². The summed E-state index contributed by atoms with van der Waals surface area (Å²) in [7, 11) is 1.62. The number of hydrogen-bond donors (Lipinski definition) is 5. The number of fused-ring (bicyclic) bond motifs is 1. The van der Waals surface area contributed by atoms with Crippen molar-refractivity contribution in [3.8, 4) is 5.75 Å². The molecule has 2 amide bonds. The summed E-state index contributed by atoms with van der Waals surface area (Å²) in [5.74, 6) is -5.09. The van der Waals surface area contributed by atoms with E-state index in [0.29, 0.717) is 38.0 Å². The van der Waals surface area contributed by atoms with Gasteiger partial charge in [-0.15, -0.1) is 0 Å². The predicted octanol–water partition coefficient (Wildman–Crippen LogP) is 3.98. The number of carboxylic acid groups (broad SMARTS) is 2. The molecule has 0 unspecified atom stereocenters. The van der Waals surface area contributed by atoms with E-state index < -0.39 is 30.3 Å². The van der Waals surface area contributed by atoms with Gasteiger partial charge < -0.3 is 36.6 Å². The number of anilines is 1. The van der Waals surface area contributed by atoms with Crippen molar-refractivity contribution < 1.29 is 60.5 Å². The number of rotatable bonds is 12. The Kier molecular flexibility index (Phi) is 16.8. The second kappa shape index (κ2) is 19.6. The summed E-state index contributed by atoms with van der Waals surface area (Å²) in [5.41, 5.74) is 14.2. The Morgan fingerprint density at radius 1 is 0.938 bits per heavy atom. The number of carboxylic acids is 2. The lowest BCUT2D eigenvalue weighted by Crippen LogP contribution is -2.45. The molecule has 7 N–H and O–H groups in total. The first-order valence-corrected chi connectivity index (χ1v) is 14.0. The molecule has 3 rings (SSSR count). The third-order valence-electron chi connectivity index (χ3n) is 6.15. The smallest absolute Gasteiger partial charge is 0.490 e. The molecule has 3 aromatic rings. The number of pyridine rings is 1. The van der Waals surface area contributed by atoms with Crippen molar-refractivity contribution in [3.63, 3.8) is 0 Å². The van der Waals surface area contributed by atoms with Crippen LogP contribution in [0, 0.1) is 0 Å².